The van der Waals surface area contributed by atoms with E-state index in [0.29, 0.717) is 16.3 Å². The van der Waals surface area contributed by atoms with Gasteiger partial charge in [-0.15, -0.1) is 0 Å². The summed E-state index contributed by atoms with van der Waals surface area (Å²) >= 11 is 12.6. The van der Waals surface area contributed by atoms with E-state index < -0.39 is 0 Å². The monoisotopic (exact) mass is 458 g/mol. The van der Waals surface area contributed by atoms with Crippen LogP contribution in [-0.4, -0.2) is 18.4 Å². The smallest absolute Gasteiger partial charge is 0.251 e. The van der Waals surface area contributed by atoms with Gasteiger partial charge in [-0.25, -0.2) is 0 Å². The first-order valence-electron chi connectivity index (χ1n) is 6.74. The second-order valence-corrected chi connectivity index (χ2v) is 6.92. The summed E-state index contributed by atoms with van der Waals surface area (Å²) in [5, 5.41) is 5.86. The van der Waals surface area contributed by atoms with Crippen LogP contribution in [-0.2, 0) is 4.79 Å². The number of hydrogen-bond donors (Lipinski definition) is 2. The van der Waals surface area contributed by atoms with Crippen LogP contribution in [0.15, 0.2) is 51.4 Å². The number of rotatable bonds is 5. The number of amides is 2. The fourth-order valence-corrected chi connectivity index (χ4v) is 2.78. The largest absolute Gasteiger partial charge is 0.352 e. The number of carbonyl (C=O) groups excluding carboxylic acids is 2. The molecule has 2 N–H and O–H groups in total. The molecule has 0 saturated heterocycles. The Morgan fingerprint density at radius 1 is 1.00 bits per heavy atom. The van der Waals surface area contributed by atoms with Crippen LogP contribution >= 0.6 is 43.5 Å². The van der Waals surface area contributed by atoms with Crippen molar-refractivity contribution in [2.45, 2.75) is 6.42 Å². The Morgan fingerprint density at radius 3 is 2.30 bits per heavy atom. The third-order valence-electron chi connectivity index (χ3n) is 2.95. The fourth-order valence-electron chi connectivity index (χ4n) is 1.80. The third kappa shape index (κ3) is 5.64. The topological polar surface area (TPSA) is 58.2 Å². The molecule has 2 rings (SSSR count). The molecule has 2 aromatic rings. The van der Waals surface area contributed by atoms with E-state index in [2.05, 4.69) is 42.5 Å². The molecule has 0 unspecified atom stereocenters. The van der Waals surface area contributed by atoms with E-state index in [9.17, 15) is 9.59 Å². The molecule has 0 aliphatic rings. The molecule has 23 heavy (non-hydrogen) atoms. The standard InChI is InChI=1S/C16H13Br2ClN2O2/c17-11-3-1-10(2-4-11)16(23)20-8-7-15(22)21-14-6-5-12(18)9-13(14)19/h1-6,9H,7-8H2,(H,20,23)(H,21,22). The minimum Gasteiger partial charge on any atom is -0.352 e. The molecule has 0 aliphatic heterocycles. The highest BCUT2D eigenvalue weighted by molar-refractivity contribution is 9.10. The van der Waals surface area contributed by atoms with Crippen molar-refractivity contribution in [2.75, 3.05) is 11.9 Å². The molecule has 120 valence electrons. The maximum atomic E-state index is 11.9. The number of benzene rings is 2. The van der Waals surface area contributed by atoms with Gasteiger partial charge in [-0.2, -0.15) is 0 Å². The van der Waals surface area contributed by atoms with E-state index in [1.54, 1.807) is 42.5 Å². The van der Waals surface area contributed by atoms with Crippen molar-refractivity contribution in [1.29, 1.82) is 0 Å². The highest BCUT2D eigenvalue weighted by Gasteiger charge is 2.08. The van der Waals surface area contributed by atoms with Gasteiger partial charge in [-0.1, -0.05) is 43.5 Å². The predicted octanol–water partition coefficient (Wildman–Crippen LogP) is 4.62. The highest BCUT2D eigenvalue weighted by atomic mass is 79.9. The van der Waals surface area contributed by atoms with Gasteiger partial charge in [-0.05, 0) is 42.5 Å². The average Bonchev–Trinajstić information content (AvgIpc) is 2.50. The molecule has 0 spiro atoms. The molecule has 0 heterocycles. The van der Waals surface area contributed by atoms with Crippen LogP contribution in [0.25, 0.3) is 0 Å². The first kappa shape index (κ1) is 18.0. The summed E-state index contributed by atoms with van der Waals surface area (Å²) in [6.45, 7) is 0.245. The summed E-state index contributed by atoms with van der Waals surface area (Å²) < 4.78 is 1.74. The van der Waals surface area contributed by atoms with E-state index in [1.807, 2.05) is 0 Å². The molecular weight excluding hydrogens is 447 g/mol. The lowest BCUT2D eigenvalue weighted by molar-refractivity contribution is -0.116. The number of nitrogens with one attached hydrogen (secondary N) is 2. The van der Waals surface area contributed by atoms with E-state index in [-0.39, 0.29) is 24.8 Å². The zero-order valence-electron chi connectivity index (χ0n) is 11.9. The van der Waals surface area contributed by atoms with E-state index >= 15 is 0 Å². The van der Waals surface area contributed by atoms with Gasteiger partial charge in [0.1, 0.15) is 0 Å². The summed E-state index contributed by atoms with van der Waals surface area (Å²) in [5.41, 5.74) is 1.09. The summed E-state index contributed by atoms with van der Waals surface area (Å²) in [6.07, 6.45) is 0.161. The Kier molecular flexibility index (Phi) is 6.62. The summed E-state index contributed by atoms with van der Waals surface area (Å²) in [4.78, 5) is 23.8. The molecular formula is C16H13Br2ClN2O2. The van der Waals surface area contributed by atoms with Gasteiger partial charge in [0.25, 0.3) is 5.91 Å². The molecule has 0 aliphatic carbocycles. The Balaban J connectivity index is 1.80. The molecule has 2 aromatic carbocycles. The van der Waals surface area contributed by atoms with E-state index in [4.69, 9.17) is 11.6 Å². The van der Waals surface area contributed by atoms with Gasteiger partial charge in [0, 0.05) is 27.5 Å². The van der Waals surface area contributed by atoms with Gasteiger partial charge in [-0.3, -0.25) is 9.59 Å². The maximum absolute atomic E-state index is 11.9. The Bertz CT molecular complexity index is 721. The van der Waals surface area contributed by atoms with Crippen LogP contribution in [0.2, 0.25) is 5.02 Å². The molecule has 0 aromatic heterocycles. The number of carbonyl (C=O) groups is 2. The second kappa shape index (κ2) is 8.47. The first-order chi connectivity index (χ1) is 11.0. The van der Waals surface area contributed by atoms with Gasteiger partial charge in [0.15, 0.2) is 0 Å². The minimum atomic E-state index is -0.217. The molecule has 7 heteroatoms. The van der Waals surface area contributed by atoms with Crippen LogP contribution in [0.4, 0.5) is 5.69 Å². The Morgan fingerprint density at radius 2 is 1.65 bits per heavy atom. The average molecular weight is 461 g/mol. The first-order valence-corrected chi connectivity index (χ1v) is 8.71. The van der Waals surface area contributed by atoms with Crippen molar-refractivity contribution in [3.8, 4) is 0 Å². The molecule has 0 bridgehead atoms. The molecule has 0 radical (unpaired) electrons. The lowest BCUT2D eigenvalue weighted by atomic mass is 10.2. The van der Waals surface area contributed by atoms with Gasteiger partial charge >= 0.3 is 0 Å². The zero-order chi connectivity index (χ0) is 16.8. The van der Waals surface area contributed by atoms with Crippen LogP contribution in [0.3, 0.4) is 0 Å². The van der Waals surface area contributed by atoms with Gasteiger partial charge in [0.2, 0.25) is 5.91 Å². The van der Waals surface area contributed by atoms with Crippen LogP contribution in [0.1, 0.15) is 16.8 Å². The van der Waals surface area contributed by atoms with E-state index in [0.717, 1.165) is 8.95 Å². The number of hydrogen-bond acceptors (Lipinski definition) is 2. The van der Waals surface area contributed by atoms with Crippen molar-refractivity contribution in [3.05, 3.63) is 62.0 Å². The van der Waals surface area contributed by atoms with Crippen LogP contribution in [0, 0.1) is 0 Å². The van der Waals surface area contributed by atoms with Crippen molar-refractivity contribution in [1.82, 2.24) is 5.32 Å². The molecule has 0 atom stereocenters. The molecule has 0 fully saturated rings. The van der Waals surface area contributed by atoms with Gasteiger partial charge < -0.3 is 10.6 Å². The van der Waals surface area contributed by atoms with Crippen molar-refractivity contribution < 1.29 is 9.59 Å². The predicted molar refractivity (Wildman–Crippen MR) is 98.9 cm³/mol. The SMILES string of the molecule is O=C(CCNC(=O)c1ccc(Br)cc1)Nc1ccc(Br)cc1Cl. The molecule has 4 nitrogen and oxygen atoms in total. The quantitative estimate of drug-likeness (QED) is 0.684. The fraction of sp³-hybridized carbons (Fsp3) is 0.125. The van der Waals surface area contributed by atoms with Crippen LogP contribution in [0.5, 0.6) is 0 Å². The molecule has 0 saturated carbocycles. The summed E-state index contributed by atoms with van der Waals surface area (Å²) in [7, 11) is 0. The van der Waals surface area contributed by atoms with Crippen molar-refractivity contribution in [2.24, 2.45) is 0 Å². The Hall–Kier alpha value is -1.37. The summed E-state index contributed by atoms with van der Waals surface area (Å²) in [6, 6.07) is 12.2. The van der Waals surface area contributed by atoms with Gasteiger partial charge in [0.05, 0.1) is 10.7 Å². The highest BCUT2D eigenvalue weighted by Crippen LogP contribution is 2.25. The number of anilines is 1. The summed E-state index contributed by atoms with van der Waals surface area (Å²) in [5.74, 6) is -0.433. The van der Waals surface area contributed by atoms with Crippen molar-refractivity contribution in [3.63, 3.8) is 0 Å². The normalized spacial score (nSPS) is 10.2. The van der Waals surface area contributed by atoms with E-state index in [1.165, 1.54) is 0 Å². The zero-order valence-corrected chi connectivity index (χ0v) is 15.8. The maximum Gasteiger partial charge on any atom is 0.251 e. The van der Waals surface area contributed by atoms with Crippen molar-refractivity contribution >= 4 is 61.0 Å². The minimum absolute atomic E-state index is 0.161. The Labute approximate surface area is 155 Å². The second-order valence-electron chi connectivity index (χ2n) is 4.69. The third-order valence-corrected chi connectivity index (χ3v) is 4.28. The lowest BCUT2D eigenvalue weighted by Gasteiger charge is -2.08. The van der Waals surface area contributed by atoms with Crippen LogP contribution < -0.4 is 10.6 Å². The molecule has 2 amide bonds. The number of halogens is 3. The lowest BCUT2D eigenvalue weighted by Crippen LogP contribution is -2.27.